The summed E-state index contributed by atoms with van der Waals surface area (Å²) in [4.78, 5) is 0. The fraction of sp³-hybridized carbons (Fsp3) is 1.00. The number of halogens is 9. The van der Waals surface area contributed by atoms with Crippen molar-refractivity contribution in [2.45, 2.75) is 24.1 Å². The molecular weight excluding hydrogens is 392 g/mol. The van der Waals surface area contributed by atoms with E-state index in [2.05, 4.69) is 3.07 Å². The molecule has 0 aromatic carbocycles. The van der Waals surface area contributed by atoms with Crippen LogP contribution in [0.1, 0.15) is 0 Å². The van der Waals surface area contributed by atoms with E-state index in [1.54, 1.807) is 0 Å². The average Bonchev–Trinajstić information content (AvgIpc) is 1.94. The van der Waals surface area contributed by atoms with Crippen LogP contribution in [0.4, 0.5) is 39.5 Å². The summed E-state index contributed by atoms with van der Waals surface area (Å²) in [6, 6.07) is 0. The Morgan fingerprint density at radius 2 is 1.00 bits per heavy atom. The average molecular weight is 398 g/mol. The van der Waals surface area contributed by atoms with Crippen LogP contribution in [-0.4, -0.2) is 63.2 Å². The molecule has 0 aliphatic rings. The molecule has 0 aliphatic carbocycles. The quantitative estimate of drug-likeness (QED) is 0.536. The molecule has 0 atom stereocenters. The number of nitrogens with zero attached hydrogens (tertiary/aromatic N) is 1. The van der Waals surface area contributed by atoms with E-state index in [9.17, 15) is 39.5 Å². The van der Waals surface area contributed by atoms with Gasteiger partial charge in [-0.15, -0.1) is 0 Å². The van der Waals surface area contributed by atoms with Crippen molar-refractivity contribution < 1.29 is 42.6 Å². The molecule has 0 saturated carbocycles. The molecule has 0 aromatic rings. The predicted octanol–water partition coefficient (Wildman–Crippen LogP) is 2.52. The first-order valence-electron chi connectivity index (χ1n) is 3.98. The molecule has 2 nitrogen and oxygen atoms in total. The molecule has 12 heteroatoms. The maximum atomic E-state index is 12.3. The van der Waals surface area contributed by atoms with Crippen molar-refractivity contribution in [3.05, 3.63) is 0 Å². The van der Waals surface area contributed by atoms with Gasteiger partial charge in [-0.1, -0.05) is 0 Å². The first-order valence-corrected chi connectivity index (χ1v) is 6.42. The van der Waals surface area contributed by atoms with Crippen molar-refractivity contribution in [2.75, 3.05) is 14.1 Å². The first kappa shape index (κ1) is 18.1. The van der Waals surface area contributed by atoms with Gasteiger partial charge in [-0.05, 0) is 0 Å². The summed E-state index contributed by atoms with van der Waals surface area (Å²) in [6.07, 6.45) is -19.9. The Kier molecular flexibility index (Phi) is 5.25. The van der Waals surface area contributed by atoms with E-state index >= 15 is 0 Å². The second kappa shape index (κ2) is 5.23. The van der Waals surface area contributed by atoms with Crippen LogP contribution < -0.4 is 0 Å². The van der Waals surface area contributed by atoms with Crippen LogP contribution in [0.25, 0.3) is 0 Å². The van der Waals surface area contributed by atoms with E-state index in [4.69, 9.17) is 0 Å². The van der Waals surface area contributed by atoms with Crippen LogP contribution >= 0.6 is 0 Å². The van der Waals surface area contributed by atoms with Crippen molar-refractivity contribution in [3.63, 3.8) is 0 Å². The monoisotopic (exact) mass is 399 g/mol. The van der Waals surface area contributed by atoms with E-state index in [1.807, 2.05) is 0 Å². The topological polar surface area (TPSA) is 12.5 Å². The van der Waals surface area contributed by atoms with Crippen LogP contribution in [0.3, 0.4) is 0 Å². The molecule has 0 aliphatic heterocycles. The molecule has 108 valence electrons. The minimum absolute atomic E-state index is 0.765. The minimum atomic E-state index is -6.64. The second-order valence-electron chi connectivity index (χ2n) is 3.26. The van der Waals surface area contributed by atoms with Gasteiger partial charge in [0.2, 0.25) is 0 Å². The van der Waals surface area contributed by atoms with Gasteiger partial charge in [-0.3, -0.25) is 0 Å². The predicted molar refractivity (Wildman–Crippen MR) is 41.4 cm³/mol. The summed E-state index contributed by atoms with van der Waals surface area (Å²) in [6.45, 7) is 0. The fourth-order valence-corrected chi connectivity index (χ4v) is 2.72. The van der Waals surface area contributed by atoms with Crippen LogP contribution in [0.2, 0.25) is 0 Å². The number of hydrogen-bond acceptors (Lipinski definition) is 2. The van der Waals surface area contributed by atoms with Crippen LogP contribution in [0.5, 0.6) is 0 Å². The van der Waals surface area contributed by atoms with Crippen LogP contribution in [0.15, 0.2) is 0 Å². The van der Waals surface area contributed by atoms with E-state index in [0.717, 1.165) is 17.2 Å². The van der Waals surface area contributed by atoms with Gasteiger partial charge in [-0.25, -0.2) is 0 Å². The molecule has 0 bridgehead atoms. The third-order valence-electron chi connectivity index (χ3n) is 1.58. The zero-order valence-electron chi connectivity index (χ0n) is 8.76. The zero-order chi connectivity index (χ0) is 15.0. The first-order chi connectivity index (χ1) is 7.67. The molecule has 0 unspecified atom stereocenters. The van der Waals surface area contributed by atoms with Gasteiger partial charge in [0.1, 0.15) is 0 Å². The van der Waals surface area contributed by atoms with Gasteiger partial charge in [0.15, 0.2) is 0 Å². The van der Waals surface area contributed by atoms with Crippen molar-refractivity contribution in [1.29, 1.82) is 0 Å². The molecule has 0 heterocycles. The SMILES string of the molecule is C[N](C)[Sn][O]C(C(F)(F)F)(C(F)(F)F)C(F)(F)F. The number of alkyl halides is 9. The van der Waals surface area contributed by atoms with Crippen molar-refractivity contribution in [3.8, 4) is 0 Å². The summed E-state index contributed by atoms with van der Waals surface area (Å²) < 4.78 is 114. The molecule has 0 spiro atoms. The Hall–Kier alpha value is 0.0887. The second-order valence-corrected chi connectivity index (χ2v) is 6.92. The van der Waals surface area contributed by atoms with Gasteiger partial charge >= 0.3 is 106 Å². The number of rotatable bonds is 3. The van der Waals surface area contributed by atoms with Crippen molar-refractivity contribution >= 4 is 21.8 Å². The Bertz CT molecular complexity index is 244. The molecule has 0 amide bonds. The summed E-state index contributed by atoms with van der Waals surface area (Å²) in [5.41, 5.74) is -6.12. The normalized spacial score (nSPS) is 15.3. The Morgan fingerprint density at radius 3 is 1.17 bits per heavy atom. The van der Waals surface area contributed by atoms with E-state index in [1.165, 1.54) is 0 Å². The third kappa shape index (κ3) is 3.35. The van der Waals surface area contributed by atoms with Crippen LogP contribution in [-0.2, 0) is 3.07 Å². The Balaban J connectivity index is 5.76. The standard InChI is InChI=1S/C4F9O.C2H6N.Sn/c5-2(6,7)1(14,3(8,9)10)4(11,12)13;1-3-2;/h;1-2H3;/q2*-1;+2. The molecule has 0 N–H and O–H groups in total. The Labute approximate surface area is 106 Å². The fourth-order valence-electron chi connectivity index (χ4n) is 0.815. The van der Waals surface area contributed by atoms with Crippen molar-refractivity contribution in [1.82, 2.24) is 3.12 Å². The van der Waals surface area contributed by atoms with E-state index in [0.29, 0.717) is 0 Å². The molecule has 2 radical (unpaired) electrons. The van der Waals surface area contributed by atoms with Gasteiger partial charge < -0.3 is 0 Å². The molecule has 0 fully saturated rings. The summed E-state index contributed by atoms with van der Waals surface area (Å²) in [7, 11) is 2.06. The molecule has 18 heavy (non-hydrogen) atoms. The van der Waals surface area contributed by atoms with Crippen LogP contribution in [0, 0.1) is 0 Å². The Morgan fingerprint density at radius 1 is 0.722 bits per heavy atom. The number of hydrogen-bond donors (Lipinski definition) is 0. The van der Waals surface area contributed by atoms with Gasteiger partial charge in [0.05, 0.1) is 0 Å². The van der Waals surface area contributed by atoms with E-state index < -0.39 is 46.0 Å². The molecular formula is C6H6F9NOSn. The van der Waals surface area contributed by atoms with E-state index in [-0.39, 0.29) is 0 Å². The third-order valence-corrected chi connectivity index (χ3v) is 3.76. The molecule has 0 rings (SSSR count). The summed E-state index contributed by atoms with van der Waals surface area (Å²) in [5, 5.41) is 0. The molecule has 0 saturated heterocycles. The maximum absolute atomic E-state index is 12.3. The molecule has 0 aromatic heterocycles. The zero-order valence-corrected chi connectivity index (χ0v) is 11.6. The van der Waals surface area contributed by atoms with Gasteiger partial charge in [0.25, 0.3) is 0 Å². The van der Waals surface area contributed by atoms with Crippen molar-refractivity contribution in [2.24, 2.45) is 0 Å². The van der Waals surface area contributed by atoms with Gasteiger partial charge in [0, 0.05) is 0 Å². The summed E-state index contributed by atoms with van der Waals surface area (Å²) >= 11 is -3.12. The summed E-state index contributed by atoms with van der Waals surface area (Å²) in [5.74, 6) is 0. The van der Waals surface area contributed by atoms with Gasteiger partial charge in [-0.2, -0.15) is 0 Å².